The number of benzene rings is 1. The molecule has 0 spiro atoms. The van der Waals surface area contributed by atoms with Crippen LogP contribution >= 0.6 is 11.6 Å². The molecule has 1 heterocycles. The van der Waals surface area contributed by atoms with Gasteiger partial charge < -0.3 is 0 Å². The Kier molecular flexibility index (Phi) is 5.16. The van der Waals surface area contributed by atoms with E-state index >= 15 is 0 Å². The van der Waals surface area contributed by atoms with E-state index in [1.807, 2.05) is 33.2 Å². The molecule has 0 aliphatic rings. The van der Waals surface area contributed by atoms with Crippen molar-refractivity contribution in [3.8, 4) is 11.1 Å². The summed E-state index contributed by atoms with van der Waals surface area (Å²) in [6.07, 6.45) is 3.55. The monoisotopic (exact) mass is 254 g/mol. The molecule has 0 aliphatic heterocycles. The van der Waals surface area contributed by atoms with Crippen LogP contribution in [0.1, 0.15) is 19.4 Å². The van der Waals surface area contributed by atoms with Crippen LogP contribution in [0.3, 0.4) is 0 Å². The number of rotatable bonds is 2. The minimum atomic E-state index is -0.272. The fourth-order valence-electron chi connectivity index (χ4n) is 1.41. The molecular formula is C13H16ClFN2. The molecule has 0 amide bonds. The van der Waals surface area contributed by atoms with Crippen molar-refractivity contribution in [1.82, 2.24) is 9.78 Å². The molecule has 2 aromatic rings. The zero-order valence-corrected chi connectivity index (χ0v) is 11.0. The van der Waals surface area contributed by atoms with Crippen molar-refractivity contribution in [3.05, 3.63) is 42.0 Å². The maximum atomic E-state index is 13.4. The molecule has 0 atom stereocenters. The van der Waals surface area contributed by atoms with Gasteiger partial charge in [-0.25, -0.2) is 4.39 Å². The summed E-state index contributed by atoms with van der Waals surface area (Å²) >= 11 is 5.58. The minimum absolute atomic E-state index is 0.194. The molecule has 0 radical (unpaired) electrons. The summed E-state index contributed by atoms with van der Waals surface area (Å²) in [6.45, 7) is 4.00. The van der Waals surface area contributed by atoms with Crippen molar-refractivity contribution in [3.63, 3.8) is 0 Å². The Labute approximate surface area is 106 Å². The van der Waals surface area contributed by atoms with Crippen molar-refractivity contribution >= 4 is 11.6 Å². The SMILES string of the molecule is CC.Cn1cc(-c2ccc(CCl)c(F)c2)cn1. The van der Waals surface area contributed by atoms with Crippen molar-refractivity contribution in [2.24, 2.45) is 7.05 Å². The molecule has 2 rings (SSSR count). The summed E-state index contributed by atoms with van der Waals surface area (Å²) in [5, 5.41) is 4.03. The van der Waals surface area contributed by atoms with Crippen LogP contribution < -0.4 is 0 Å². The average molecular weight is 255 g/mol. The number of halogens is 2. The van der Waals surface area contributed by atoms with Crippen LogP contribution in [0.5, 0.6) is 0 Å². The van der Waals surface area contributed by atoms with Crippen LogP contribution in [0.15, 0.2) is 30.6 Å². The zero-order chi connectivity index (χ0) is 12.8. The molecule has 0 aliphatic carbocycles. The molecular weight excluding hydrogens is 239 g/mol. The number of alkyl halides is 1. The Morgan fingerprint density at radius 1 is 1.29 bits per heavy atom. The lowest BCUT2D eigenvalue weighted by molar-refractivity contribution is 0.617. The lowest BCUT2D eigenvalue weighted by Gasteiger charge is -2.01. The normalized spacial score (nSPS) is 9.71. The number of aryl methyl sites for hydroxylation is 1. The van der Waals surface area contributed by atoms with Gasteiger partial charge in [-0.3, -0.25) is 4.68 Å². The smallest absolute Gasteiger partial charge is 0.128 e. The van der Waals surface area contributed by atoms with E-state index in [-0.39, 0.29) is 11.7 Å². The fourth-order valence-corrected chi connectivity index (χ4v) is 1.62. The minimum Gasteiger partial charge on any atom is -0.275 e. The lowest BCUT2D eigenvalue weighted by Crippen LogP contribution is -1.87. The van der Waals surface area contributed by atoms with Crippen molar-refractivity contribution in [1.29, 1.82) is 0 Å². The Morgan fingerprint density at radius 3 is 2.47 bits per heavy atom. The third-order valence-electron chi connectivity index (χ3n) is 2.24. The Balaban J connectivity index is 0.000000686. The van der Waals surface area contributed by atoms with Gasteiger partial charge in [0.2, 0.25) is 0 Å². The van der Waals surface area contributed by atoms with E-state index in [4.69, 9.17) is 11.6 Å². The predicted octanol–water partition coefficient (Wildman–Crippen LogP) is 3.99. The first-order chi connectivity index (χ1) is 8.20. The van der Waals surface area contributed by atoms with Crippen LogP contribution in [0.2, 0.25) is 0 Å². The third kappa shape index (κ3) is 3.30. The van der Waals surface area contributed by atoms with E-state index in [0.29, 0.717) is 5.56 Å². The third-order valence-corrected chi connectivity index (χ3v) is 2.52. The molecule has 0 unspecified atom stereocenters. The molecule has 4 heteroatoms. The van der Waals surface area contributed by atoms with Crippen LogP contribution in [0.4, 0.5) is 4.39 Å². The van der Waals surface area contributed by atoms with Gasteiger partial charge in [-0.1, -0.05) is 26.0 Å². The number of aromatic nitrogens is 2. The van der Waals surface area contributed by atoms with E-state index in [2.05, 4.69) is 5.10 Å². The molecule has 1 aromatic heterocycles. The molecule has 0 N–H and O–H groups in total. The highest BCUT2D eigenvalue weighted by Gasteiger charge is 2.05. The van der Waals surface area contributed by atoms with Crippen molar-refractivity contribution < 1.29 is 4.39 Å². The number of hydrogen-bond donors (Lipinski definition) is 0. The van der Waals surface area contributed by atoms with E-state index in [9.17, 15) is 4.39 Å². The van der Waals surface area contributed by atoms with Crippen LogP contribution in [-0.4, -0.2) is 9.78 Å². The summed E-state index contributed by atoms with van der Waals surface area (Å²) in [6, 6.07) is 5.03. The highest BCUT2D eigenvalue weighted by molar-refractivity contribution is 6.17. The molecule has 17 heavy (non-hydrogen) atoms. The first kappa shape index (κ1) is 13.7. The van der Waals surface area contributed by atoms with E-state index in [0.717, 1.165) is 11.1 Å². The second-order valence-electron chi connectivity index (χ2n) is 3.34. The Bertz CT molecular complexity index is 480. The summed E-state index contributed by atoms with van der Waals surface area (Å²) in [4.78, 5) is 0. The van der Waals surface area contributed by atoms with E-state index in [1.54, 1.807) is 16.9 Å². The van der Waals surface area contributed by atoms with Gasteiger partial charge in [-0.05, 0) is 11.6 Å². The molecule has 92 valence electrons. The predicted molar refractivity (Wildman–Crippen MR) is 69.5 cm³/mol. The summed E-state index contributed by atoms with van der Waals surface area (Å²) in [7, 11) is 1.83. The van der Waals surface area contributed by atoms with Crippen LogP contribution in [-0.2, 0) is 12.9 Å². The van der Waals surface area contributed by atoms with Gasteiger partial charge in [0, 0.05) is 24.4 Å². The van der Waals surface area contributed by atoms with Crippen molar-refractivity contribution in [2.75, 3.05) is 0 Å². The highest BCUT2D eigenvalue weighted by Crippen LogP contribution is 2.21. The second-order valence-corrected chi connectivity index (χ2v) is 3.61. The standard InChI is InChI=1S/C11H10ClFN2.C2H6/c1-15-7-10(6-14-15)8-2-3-9(5-12)11(13)4-8;1-2/h2-4,6-7H,5H2,1H3;1-2H3. The topological polar surface area (TPSA) is 17.8 Å². The van der Waals surface area contributed by atoms with Crippen LogP contribution in [0, 0.1) is 5.82 Å². The Hall–Kier alpha value is -1.35. The summed E-state index contributed by atoms with van der Waals surface area (Å²) in [5.74, 6) is -0.0783. The van der Waals surface area contributed by atoms with E-state index in [1.165, 1.54) is 6.07 Å². The average Bonchev–Trinajstić information content (AvgIpc) is 2.78. The molecule has 1 aromatic carbocycles. The van der Waals surface area contributed by atoms with Gasteiger partial charge in [0.1, 0.15) is 5.82 Å². The number of nitrogens with zero attached hydrogens (tertiary/aromatic N) is 2. The molecule has 0 bridgehead atoms. The van der Waals surface area contributed by atoms with Gasteiger partial charge in [0.05, 0.1) is 12.1 Å². The molecule has 0 fully saturated rings. The summed E-state index contributed by atoms with van der Waals surface area (Å²) < 4.78 is 15.1. The summed E-state index contributed by atoms with van der Waals surface area (Å²) in [5.41, 5.74) is 2.23. The molecule has 0 saturated heterocycles. The van der Waals surface area contributed by atoms with Crippen molar-refractivity contribution in [2.45, 2.75) is 19.7 Å². The van der Waals surface area contributed by atoms with Crippen LogP contribution in [0.25, 0.3) is 11.1 Å². The van der Waals surface area contributed by atoms with E-state index < -0.39 is 0 Å². The van der Waals surface area contributed by atoms with Gasteiger partial charge in [-0.2, -0.15) is 5.10 Å². The highest BCUT2D eigenvalue weighted by atomic mass is 35.5. The van der Waals surface area contributed by atoms with Gasteiger partial charge in [0.15, 0.2) is 0 Å². The first-order valence-corrected chi connectivity index (χ1v) is 6.07. The zero-order valence-electron chi connectivity index (χ0n) is 10.2. The van der Waals surface area contributed by atoms with Gasteiger partial charge in [0.25, 0.3) is 0 Å². The lowest BCUT2D eigenvalue weighted by atomic mass is 10.1. The quantitative estimate of drug-likeness (QED) is 0.741. The molecule has 2 nitrogen and oxygen atoms in total. The first-order valence-electron chi connectivity index (χ1n) is 5.54. The van der Waals surface area contributed by atoms with Gasteiger partial charge >= 0.3 is 0 Å². The fraction of sp³-hybridized carbons (Fsp3) is 0.308. The Morgan fingerprint density at radius 2 is 2.00 bits per heavy atom. The number of hydrogen-bond acceptors (Lipinski definition) is 1. The maximum Gasteiger partial charge on any atom is 0.128 e. The molecule has 0 saturated carbocycles. The largest absolute Gasteiger partial charge is 0.275 e. The maximum absolute atomic E-state index is 13.4. The van der Waals surface area contributed by atoms with Gasteiger partial charge in [-0.15, -0.1) is 11.6 Å². The second kappa shape index (κ2) is 6.40.